The largest absolute Gasteiger partial charge is 0.469 e. The molecule has 1 saturated heterocycles. The summed E-state index contributed by atoms with van der Waals surface area (Å²) in [5.74, 6) is -0.267. The second-order valence-corrected chi connectivity index (χ2v) is 5.98. The Morgan fingerprint density at radius 1 is 1.21 bits per heavy atom. The molecule has 1 heterocycles. The Labute approximate surface area is 115 Å². The number of carbonyl (C=O) groups excluding carboxylic acids is 2. The summed E-state index contributed by atoms with van der Waals surface area (Å²) in [6.45, 7) is 7.97. The third-order valence-electron chi connectivity index (χ3n) is 3.17. The fraction of sp³-hybridized carbons (Fsp3) is 0.857. The fourth-order valence-electron chi connectivity index (χ4n) is 2.20. The Bertz CT molecular complexity index is 314. The molecule has 0 aromatic rings. The van der Waals surface area contributed by atoms with Gasteiger partial charge in [0.25, 0.3) is 0 Å². The van der Waals surface area contributed by atoms with E-state index in [0.29, 0.717) is 13.0 Å². The molecule has 0 aromatic heterocycles. The molecule has 1 fully saturated rings. The van der Waals surface area contributed by atoms with Crippen LogP contribution in [0.5, 0.6) is 0 Å². The predicted molar refractivity (Wildman–Crippen MR) is 71.6 cm³/mol. The number of rotatable bonds is 4. The van der Waals surface area contributed by atoms with Crippen LogP contribution in [0.15, 0.2) is 0 Å². The zero-order valence-corrected chi connectivity index (χ0v) is 12.4. The number of ether oxygens (including phenoxy) is 2. The number of likely N-dealkylation sites (tertiary alicyclic amines) is 1. The highest BCUT2D eigenvalue weighted by Crippen LogP contribution is 2.18. The first-order valence-corrected chi connectivity index (χ1v) is 6.84. The summed E-state index contributed by atoms with van der Waals surface area (Å²) in [6.07, 6.45) is 2.02. The Balaban J connectivity index is 2.23. The van der Waals surface area contributed by atoms with Crippen molar-refractivity contribution in [2.24, 2.45) is 5.92 Å². The summed E-state index contributed by atoms with van der Waals surface area (Å²) in [7, 11) is 1.43. The molecule has 1 aliphatic rings. The molecule has 0 spiro atoms. The third-order valence-corrected chi connectivity index (χ3v) is 3.17. The summed E-state index contributed by atoms with van der Waals surface area (Å²) in [5.41, 5.74) is -0.422. The quantitative estimate of drug-likeness (QED) is 0.727. The summed E-state index contributed by atoms with van der Waals surface area (Å²) < 4.78 is 10.0. The van der Waals surface area contributed by atoms with E-state index in [-0.39, 0.29) is 17.9 Å². The van der Waals surface area contributed by atoms with Crippen LogP contribution in [0, 0.1) is 5.92 Å². The molecule has 0 bridgehead atoms. The van der Waals surface area contributed by atoms with Gasteiger partial charge in [0.15, 0.2) is 0 Å². The lowest BCUT2D eigenvalue weighted by atomic mass is 9.97. The van der Waals surface area contributed by atoms with Crippen molar-refractivity contribution in [3.05, 3.63) is 0 Å². The second kappa shape index (κ2) is 6.89. The highest BCUT2D eigenvalue weighted by molar-refractivity contribution is 5.72. The van der Waals surface area contributed by atoms with E-state index in [1.165, 1.54) is 7.11 Å². The minimum absolute atomic E-state index is 0.0165. The number of hydrogen-bond acceptors (Lipinski definition) is 5. The van der Waals surface area contributed by atoms with Crippen molar-refractivity contribution in [1.29, 1.82) is 0 Å². The zero-order valence-electron chi connectivity index (χ0n) is 12.4. The molecule has 0 radical (unpaired) electrons. The van der Waals surface area contributed by atoms with Gasteiger partial charge in [0.05, 0.1) is 19.4 Å². The molecule has 1 rings (SSSR count). The lowest BCUT2D eigenvalue weighted by Crippen LogP contribution is -2.38. The minimum Gasteiger partial charge on any atom is -0.469 e. The normalized spacial score (nSPS) is 18.1. The lowest BCUT2D eigenvalue weighted by Gasteiger charge is -2.30. The van der Waals surface area contributed by atoms with Gasteiger partial charge >= 0.3 is 11.9 Å². The van der Waals surface area contributed by atoms with Gasteiger partial charge in [0.1, 0.15) is 5.60 Å². The predicted octanol–water partition coefficient (Wildman–Crippen LogP) is 1.60. The van der Waals surface area contributed by atoms with E-state index >= 15 is 0 Å². The molecule has 1 aliphatic heterocycles. The molecule has 110 valence electrons. The SMILES string of the molecule is COC(=O)C1CCN(CCC(=O)OC(C)(C)C)CC1. The minimum atomic E-state index is -0.422. The smallest absolute Gasteiger partial charge is 0.308 e. The number of piperidine rings is 1. The van der Waals surface area contributed by atoms with E-state index in [1.807, 2.05) is 20.8 Å². The van der Waals surface area contributed by atoms with Gasteiger partial charge in [0.2, 0.25) is 0 Å². The Kier molecular flexibility index (Phi) is 5.79. The molecule has 19 heavy (non-hydrogen) atoms. The highest BCUT2D eigenvalue weighted by Gasteiger charge is 2.26. The van der Waals surface area contributed by atoms with Crippen LogP contribution in [0.1, 0.15) is 40.0 Å². The maximum Gasteiger partial charge on any atom is 0.308 e. The van der Waals surface area contributed by atoms with Crippen molar-refractivity contribution in [1.82, 2.24) is 4.90 Å². The van der Waals surface area contributed by atoms with Crippen LogP contribution in [0.25, 0.3) is 0 Å². The lowest BCUT2D eigenvalue weighted by molar-refractivity contribution is -0.155. The molecule has 5 heteroatoms. The van der Waals surface area contributed by atoms with Crippen LogP contribution in [0.2, 0.25) is 0 Å². The standard InChI is InChI=1S/C14H25NO4/c1-14(2,3)19-12(16)7-10-15-8-5-11(6-9-15)13(17)18-4/h11H,5-10H2,1-4H3. The Morgan fingerprint density at radius 3 is 2.26 bits per heavy atom. The maximum atomic E-state index is 11.6. The monoisotopic (exact) mass is 271 g/mol. The van der Waals surface area contributed by atoms with Crippen molar-refractivity contribution in [2.75, 3.05) is 26.7 Å². The van der Waals surface area contributed by atoms with Crippen LogP contribution < -0.4 is 0 Å². The van der Waals surface area contributed by atoms with Gasteiger partial charge in [-0.2, -0.15) is 0 Å². The van der Waals surface area contributed by atoms with Crippen molar-refractivity contribution in [3.63, 3.8) is 0 Å². The van der Waals surface area contributed by atoms with Crippen molar-refractivity contribution < 1.29 is 19.1 Å². The molecule has 0 aliphatic carbocycles. The first-order chi connectivity index (χ1) is 8.81. The van der Waals surface area contributed by atoms with Gasteiger partial charge < -0.3 is 14.4 Å². The number of esters is 2. The zero-order chi connectivity index (χ0) is 14.5. The van der Waals surface area contributed by atoms with E-state index in [4.69, 9.17) is 9.47 Å². The van der Waals surface area contributed by atoms with Crippen LogP contribution in [0.3, 0.4) is 0 Å². The van der Waals surface area contributed by atoms with E-state index in [1.54, 1.807) is 0 Å². The molecular formula is C14H25NO4. The molecule has 0 atom stereocenters. The van der Waals surface area contributed by atoms with Gasteiger partial charge in [-0.3, -0.25) is 9.59 Å². The maximum absolute atomic E-state index is 11.6. The average molecular weight is 271 g/mol. The van der Waals surface area contributed by atoms with Crippen LogP contribution >= 0.6 is 0 Å². The molecule has 5 nitrogen and oxygen atoms in total. The Hall–Kier alpha value is -1.10. The van der Waals surface area contributed by atoms with Gasteiger partial charge in [-0.25, -0.2) is 0 Å². The molecule has 0 amide bonds. The van der Waals surface area contributed by atoms with E-state index in [9.17, 15) is 9.59 Å². The number of hydrogen-bond donors (Lipinski definition) is 0. The molecule has 0 unspecified atom stereocenters. The molecule has 0 saturated carbocycles. The Morgan fingerprint density at radius 2 is 1.79 bits per heavy atom. The van der Waals surface area contributed by atoms with Gasteiger partial charge in [-0.05, 0) is 46.7 Å². The summed E-state index contributed by atoms with van der Waals surface area (Å²) in [5, 5.41) is 0. The van der Waals surface area contributed by atoms with Gasteiger partial charge in [-0.15, -0.1) is 0 Å². The topological polar surface area (TPSA) is 55.8 Å². The average Bonchev–Trinajstić information content (AvgIpc) is 2.34. The number of carbonyl (C=O) groups is 2. The van der Waals surface area contributed by atoms with Gasteiger partial charge in [-0.1, -0.05) is 0 Å². The van der Waals surface area contributed by atoms with Crippen molar-refractivity contribution in [2.45, 2.75) is 45.6 Å². The summed E-state index contributed by atoms with van der Waals surface area (Å²) >= 11 is 0. The number of methoxy groups -OCH3 is 1. The first-order valence-electron chi connectivity index (χ1n) is 6.84. The molecule has 0 aromatic carbocycles. The first kappa shape index (κ1) is 16.0. The second-order valence-electron chi connectivity index (χ2n) is 5.98. The van der Waals surface area contributed by atoms with Crippen molar-refractivity contribution in [3.8, 4) is 0 Å². The summed E-state index contributed by atoms with van der Waals surface area (Å²) in [4.78, 5) is 25.2. The highest BCUT2D eigenvalue weighted by atomic mass is 16.6. The fourth-order valence-corrected chi connectivity index (χ4v) is 2.20. The van der Waals surface area contributed by atoms with E-state index in [2.05, 4.69) is 4.90 Å². The van der Waals surface area contributed by atoms with Crippen LogP contribution in [-0.2, 0) is 19.1 Å². The molecule has 0 N–H and O–H groups in total. The van der Waals surface area contributed by atoms with Gasteiger partial charge in [0, 0.05) is 6.54 Å². The molecular weight excluding hydrogens is 246 g/mol. The van der Waals surface area contributed by atoms with E-state index < -0.39 is 5.60 Å². The van der Waals surface area contributed by atoms with Crippen LogP contribution in [-0.4, -0.2) is 49.2 Å². The van der Waals surface area contributed by atoms with E-state index in [0.717, 1.165) is 25.9 Å². The summed E-state index contributed by atoms with van der Waals surface area (Å²) in [6, 6.07) is 0. The number of nitrogens with zero attached hydrogens (tertiary/aromatic N) is 1. The third kappa shape index (κ3) is 6.05. The van der Waals surface area contributed by atoms with Crippen LogP contribution in [0.4, 0.5) is 0 Å². The van der Waals surface area contributed by atoms with Crippen molar-refractivity contribution >= 4 is 11.9 Å².